The normalized spacial score (nSPS) is 11.0. The van der Waals surface area contributed by atoms with Crippen LogP contribution in [0, 0.1) is 5.82 Å². The maximum atomic E-state index is 15.5. The second-order valence-corrected chi connectivity index (χ2v) is 9.30. The second-order valence-electron chi connectivity index (χ2n) is 8.52. The summed E-state index contributed by atoms with van der Waals surface area (Å²) in [4.78, 5) is 16.8. The second kappa shape index (κ2) is 11.5. The van der Waals surface area contributed by atoms with Crippen molar-refractivity contribution in [2.45, 2.75) is 6.42 Å². The molecule has 0 radical (unpaired) electrons. The molecule has 2 N–H and O–H groups in total. The molecule has 7 nitrogen and oxygen atoms in total. The molecular weight excluding hydrogens is 505 g/mol. The monoisotopic (exact) mass is 531 g/mol. The van der Waals surface area contributed by atoms with Crippen LogP contribution in [0.25, 0.3) is 21.7 Å². The first kappa shape index (κ1) is 25.4. The Hall–Kier alpha value is -4.21. The number of rotatable bonds is 10. The maximum absolute atomic E-state index is 15.5. The molecule has 9 heteroatoms. The lowest BCUT2D eigenvalue weighted by Gasteiger charge is -2.15. The largest absolute Gasteiger partial charge is 0.493 e. The molecule has 0 atom stereocenters. The van der Waals surface area contributed by atoms with Gasteiger partial charge in [0.15, 0.2) is 23.1 Å². The molecule has 2 heterocycles. The Kier molecular flexibility index (Phi) is 7.67. The van der Waals surface area contributed by atoms with Crippen molar-refractivity contribution in [3.63, 3.8) is 0 Å². The minimum Gasteiger partial charge on any atom is -0.493 e. The number of ether oxygens (including phenoxy) is 3. The smallest absolute Gasteiger partial charge is 0.256 e. The molecule has 0 saturated carbocycles. The maximum Gasteiger partial charge on any atom is 0.256 e. The molecule has 3 aromatic carbocycles. The van der Waals surface area contributed by atoms with Crippen molar-refractivity contribution in [1.29, 1.82) is 0 Å². The van der Waals surface area contributed by atoms with E-state index >= 15 is 4.39 Å². The fourth-order valence-electron chi connectivity index (χ4n) is 4.06. The number of carbonyl (C=O) groups excluding carboxylic acids is 1. The number of hydrogen-bond donors (Lipinski definition) is 2. The number of hydrogen-bond acceptors (Lipinski definition) is 7. The lowest BCUT2D eigenvalue weighted by atomic mass is 10.1. The van der Waals surface area contributed by atoms with Crippen LogP contribution in [0.5, 0.6) is 23.0 Å². The van der Waals surface area contributed by atoms with Gasteiger partial charge in [0.2, 0.25) is 0 Å². The average molecular weight is 532 g/mol. The van der Waals surface area contributed by atoms with Gasteiger partial charge in [0.1, 0.15) is 5.75 Å². The van der Waals surface area contributed by atoms with Crippen LogP contribution in [0.1, 0.15) is 16.8 Å². The van der Waals surface area contributed by atoms with Gasteiger partial charge in [0.25, 0.3) is 5.91 Å². The Morgan fingerprint density at radius 3 is 2.68 bits per heavy atom. The van der Waals surface area contributed by atoms with E-state index in [1.807, 2.05) is 12.4 Å². The zero-order chi connectivity index (χ0) is 26.5. The van der Waals surface area contributed by atoms with Gasteiger partial charge in [-0.3, -0.25) is 9.78 Å². The van der Waals surface area contributed by atoms with E-state index in [4.69, 9.17) is 14.2 Å². The van der Waals surface area contributed by atoms with Crippen LogP contribution in [0.3, 0.4) is 0 Å². The molecule has 194 valence electrons. The van der Waals surface area contributed by atoms with Gasteiger partial charge in [0, 0.05) is 34.1 Å². The van der Waals surface area contributed by atoms with Gasteiger partial charge in [-0.25, -0.2) is 4.39 Å². The van der Waals surface area contributed by atoms with Gasteiger partial charge in [-0.15, -0.1) is 0 Å². The van der Waals surface area contributed by atoms with Crippen LogP contribution in [-0.2, 0) is 0 Å². The van der Waals surface area contributed by atoms with Crippen molar-refractivity contribution >= 4 is 44.6 Å². The highest BCUT2D eigenvalue weighted by atomic mass is 32.1. The topological polar surface area (TPSA) is 81.7 Å². The summed E-state index contributed by atoms with van der Waals surface area (Å²) in [6, 6.07) is 15.4. The zero-order valence-electron chi connectivity index (χ0n) is 20.9. The van der Waals surface area contributed by atoms with Crippen molar-refractivity contribution < 1.29 is 23.4 Å². The fraction of sp³-hybridized carbons (Fsp3) is 0.172. The Morgan fingerprint density at radius 1 is 1.00 bits per heavy atom. The first-order chi connectivity index (χ1) is 18.6. The minimum atomic E-state index is -0.500. The summed E-state index contributed by atoms with van der Waals surface area (Å²) in [6.07, 6.45) is 2.45. The van der Waals surface area contributed by atoms with Gasteiger partial charge in [-0.1, -0.05) is 6.07 Å². The third-order valence-corrected chi connectivity index (χ3v) is 6.68. The van der Waals surface area contributed by atoms with Crippen LogP contribution in [-0.4, -0.2) is 38.2 Å². The average Bonchev–Trinajstić information content (AvgIpc) is 3.48. The molecular formula is C29H26FN3O4S. The molecule has 0 spiro atoms. The summed E-state index contributed by atoms with van der Waals surface area (Å²) in [5.41, 5.74) is 1.80. The summed E-state index contributed by atoms with van der Waals surface area (Å²) in [6.45, 7) is 1.37. The van der Waals surface area contributed by atoms with Gasteiger partial charge in [-0.2, -0.15) is 11.3 Å². The number of halogens is 1. The van der Waals surface area contributed by atoms with Gasteiger partial charge in [-0.05, 0) is 73.2 Å². The van der Waals surface area contributed by atoms with Crippen LogP contribution in [0.15, 0.2) is 71.6 Å². The van der Waals surface area contributed by atoms with Crippen LogP contribution in [0.4, 0.5) is 10.1 Å². The van der Waals surface area contributed by atoms with E-state index in [0.29, 0.717) is 56.8 Å². The molecule has 0 aliphatic heterocycles. The van der Waals surface area contributed by atoms with Gasteiger partial charge < -0.3 is 24.8 Å². The number of fused-ring (bicyclic) bond motifs is 2. The SMILES string of the molecule is CNCCCOc1cc2nccc(Oc3ccc4cc(NC(=O)c5ccsc5)ccc4c3F)c2cc1OC. The van der Waals surface area contributed by atoms with E-state index in [1.54, 1.807) is 73.3 Å². The van der Waals surface area contributed by atoms with Gasteiger partial charge in [0.05, 0.1) is 24.8 Å². The van der Waals surface area contributed by atoms with Crippen molar-refractivity contribution in [1.82, 2.24) is 10.3 Å². The Bertz CT molecular complexity index is 1590. The van der Waals surface area contributed by atoms with Gasteiger partial charge >= 0.3 is 0 Å². The molecule has 0 aliphatic rings. The number of pyridine rings is 1. The first-order valence-corrected chi connectivity index (χ1v) is 13.0. The predicted molar refractivity (Wildman–Crippen MR) is 149 cm³/mol. The number of nitrogens with one attached hydrogen (secondary N) is 2. The van der Waals surface area contributed by atoms with Crippen molar-refractivity contribution in [2.75, 3.05) is 32.6 Å². The molecule has 5 rings (SSSR count). The third-order valence-electron chi connectivity index (χ3n) is 6.00. The molecule has 0 bridgehead atoms. The summed E-state index contributed by atoms with van der Waals surface area (Å²) in [7, 11) is 3.46. The minimum absolute atomic E-state index is 0.0754. The first-order valence-electron chi connectivity index (χ1n) is 12.0. The van der Waals surface area contributed by atoms with Crippen molar-refractivity contribution in [3.8, 4) is 23.0 Å². The number of aromatic nitrogens is 1. The van der Waals surface area contributed by atoms with E-state index in [2.05, 4.69) is 15.6 Å². The standard InChI is InChI=1S/C29H26FN3O4S/c1-31-10-3-12-36-27-16-23-22(15-26(27)35-2)24(8-11-32-23)37-25-7-4-18-14-20(5-6-21(18)28(25)30)33-29(34)19-9-13-38-17-19/h4-9,11,13-17,31H,3,10,12H2,1-2H3,(H,33,34). The third kappa shape index (κ3) is 5.39. The summed E-state index contributed by atoms with van der Waals surface area (Å²) >= 11 is 1.45. The summed E-state index contributed by atoms with van der Waals surface area (Å²) in [5, 5.41) is 11.2. The number of amides is 1. The highest BCUT2D eigenvalue weighted by Crippen LogP contribution is 2.38. The molecule has 0 saturated heterocycles. The quantitative estimate of drug-likeness (QED) is 0.197. The number of benzene rings is 3. The highest BCUT2D eigenvalue weighted by Gasteiger charge is 2.15. The Balaban J connectivity index is 1.40. The lowest BCUT2D eigenvalue weighted by molar-refractivity contribution is 0.102. The zero-order valence-corrected chi connectivity index (χ0v) is 21.7. The molecule has 1 amide bonds. The van der Waals surface area contributed by atoms with Crippen molar-refractivity contribution in [3.05, 3.63) is 82.9 Å². The Morgan fingerprint density at radius 2 is 1.89 bits per heavy atom. The predicted octanol–water partition coefficient (Wildman–Crippen LogP) is 6.63. The molecule has 0 unspecified atom stereocenters. The number of methoxy groups -OCH3 is 1. The van der Waals surface area contributed by atoms with E-state index in [1.165, 1.54) is 11.3 Å². The van der Waals surface area contributed by atoms with E-state index in [9.17, 15) is 4.79 Å². The molecule has 5 aromatic rings. The van der Waals surface area contributed by atoms with Crippen LogP contribution in [0.2, 0.25) is 0 Å². The van der Waals surface area contributed by atoms with Crippen LogP contribution < -0.4 is 24.8 Å². The number of carbonyl (C=O) groups is 1. The number of nitrogens with zero attached hydrogens (tertiary/aromatic N) is 1. The summed E-state index contributed by atoms with van der Waals surface area (Å²) in [5.74, 6) is 0.923. The fourth-order valence-corrected chi connectivity index (χ4v) is 4.70. The number of thiophene rings is 1. The highest BCUT2D eigenvalue weighted by molar-refractivity contribution is 7.08. The lowest BCUT2D eigenvalue weighted by Crippen LogP contribution is -2.11. The van der Waals surface area contributed by atoms with E-state index < -0.39 is 5.82 Å². The summed E-state index contributed by atoms with van der Waals surface area (Å²) < 4.78 is 33.0. The molecule has 0 fully saturated rings. The van der Waals surface area contributed by atoms with Crippen molar-refractivity contribution in [2.24, 2.45) is 0 Å². The van der Waals surface area contributed by atoms with Crippen LogP contribution >= 0.6 is 11.3 Å². The molecule has 38 heavy (non-hydrogen) atoms. The molecule has 2 aromatic heterocycles. The Labute approximate surface area is 223 Å². The number of anilines is 1. The van der Waals surface area contributed by atoms with E-state index in [0.717, 1.165) is 13.0 Å². The van der Waals surface area contributed by atoms with E-state index in [-0.39, 0.29) is 11.7 Å². The molecule has 0 aliphatic carbocycles.